The lowest BCUT2D eigenvalue weighted by Crippen LogP contribution is -2.04. The van der Waals surface area contributed by atoms with E-state index >= 15 is 0 Å². The molecule has 0 fully saturated rings. The fourth-order valence-corrected chi connectivity index (χ4v) is 1.87. The van der Waals surface area contributed by atoms with E-state index in [0.29, 0.717) is 0 Å². The molecule has 1 aromatic heterocycles. The van der Waals surface area contributed by atoms with Gasteiger partial charge in [0.15, 0.2) is 11.6 Å². The van der Waals surface area contributed by atoms with Gasteiger partial charge in [-0.2, -0.15) is 5.10 Å². The highest BCUT2D eigenvalue weighted by Gasteiger charge is 2.21. The predicted molar refractivity (Wildman–Crippen MR) is 66.2 cm³/mol. The largest absolute Gasteiger partial charge is 0.490 e. The first-order valence-corrected chi connectivity index (χ1v) is 5.49. The summed E-state index contributed by atoms with van der Waals surface area (Å²) in [7, 11) is 1.30. The maximum absolute atomic E-state index is 14.0. The van der Waals surface area contributed by atoms with E-state index in [1.165, 1.54) is 17.9 Å². The van der Waals surface area contributed by atoms with E-state index in [1.54, 1.807) is 19.9 Å². The van der Waals surface area contributed by atoms with E-state index in [1.807, 2.05) is 0 Å². The summed E-state index contributed by atoms with van der Waals surface area (Å²) in [4.78, 5) is 10.1. The van der Waals surface area contributed by atoms with Crippen LogP contribution in [-0.4, -0.2) is 21.8 Å². The Kier molecular flexibility index (Phi) is 3.20. The molecule has 7 heteroatoms. The first-order chi connectivity index (χ1) is 8.93. The molecule has 1 heterocycles. The number of ether oxygens (including phenoxy) is 1. The van der Waals surface area contributed by atoms with Crippen molar-refractivity contribution in [2.75, 3.05) is 7.11 Å². The maximum Gasteiger partial charge on any atom is 0.313 e. The summed E-state index contributed by atoms with van der Waals surface area (Å²) < 4.78 is 20.3. The lowest BCUT2D eigenvalue weighted by molar-refractivity contribution is -0.385. The van der Waals surface area contributed by atoms with Gasteiger partial charge in [-0.3, -0.25) is 10.1 Å². The smallest absolute Gasteiger partial charge is 0.313 e. The lowest BCUT2D eigenvalue weighted by atomic mass is 10.2. The van der Waals surface area contributed by atoms with E-state index in [2.05, 4.69) is 5.10 Å². The SMILES string of the molecule is COc1cc(-n2nc(C)cc2C)c(F)cc1[N+](=O)[O-]. The van der Waals surface area contributed by atoms with Crippen LogP contribution in [0, 0.1) is 29.8 Å². The number of methoxy groups -OCH3 is 1. The number of hydrogen-bond acceptors (Lipinski definition) is 4. The summed E-state index contributed by atoms with van der Waals surface area (Å²) in [5.74, 6) is -0.729. The molecule has 0 atom stereocenters. The zero-order chi connectivity index (χ0) is 14.2. The molecule has 0 unspecified atom stereocenters. The molecule has 6 nitrogen and oxygen atoms in total. The zero-order valence-corrected chi connectivity index (χ0v) is 10.7. The molecule has 2 aromatic rings. The Bertz CT molecular complexity index is 652. The van der Waals surface area contributed by atoms with Gasteiger partial charge in [-0.05, 0) is 19.9 Å². The molecule has 0 bridgehead atoms. The van der Waals surface area contributed by atoms with E-state index in [-0.39, 0.29) is 11.4 Å². The average molecular weight is 265 g/mol. The second-order valence-corrected chi connectivity index (χ2v) is 4.07. The average Bonchev–Trinajstić information content (AvgIpc) is 2.67. The van der Waals surface area contributed by atoms with E-state index in [4.69, 9.17) is 4.74 Å². The Morgan fingerprint density at radius 3 is 2.53 bits per heavy atom. The van der Waals surface area contributed by atoms with Crippen molar-refractivity contribution >= 4 is 5.69 Å². The van der Waals surface area contributed by atoms with Crippen LogP contribution in [0.2, 0.25) is 0 Å². The third-order valence-corrected chi connectivity index (χ3v) is 2.68. The van der Waals surface area contributed by atoms with Gasteiger partial charge in [-0.1, -0.05) is 0 Å². The van der Waals surface area contributed by atoms with Crippen molar-refractivity contribution in [2.45, 2.75) is 13.8 Å². The normalized spacial score (nSPS) is 10.5. The minimum Gasteiger partial charge on any atom is -0.490 e. The van der Waals surface area contributed by atoms with Crippen molar-refractivity contribution in [1.29, 1.82) is 0 Å². The van der Waals surface area contributed by atoms with Crippen molar-refractivity contribution in [2.24, 2.45) is 0 Å². The van der Waals surface area contributed by atoms with Crippen molar-refractivity contribution in [3.63, 3.8) is 0 Å². The van der Waals surface area contributed by atoms with Crippen LogP contribution >= 0.6 is 0 Å². The fraction of sp³-hybridized carbons (Fsp3) is 0.250. The second-order valence-electron chi connectivity index (χ2n) is 4.07. The monoisotopic (exact) mass is 265 g/mol. The summed E-state index contributed by atoms with van der Waals surface area (Å²) in [5.41, 5.74) is 1.17. The third-order valence-electron chi connectivity index (χ3n) is 2.68. The number of aromatic nitrogens is 2. The predicted octanol–water partition coefficient (Wildman–Crippen LogP) is 2.55. The number of benzene rings is 1. The van der Waals surface area contributed by atoms with E-state index in [0.717, 1.165) is 17.5 Å². The topological polar surface area (TPSA) is 70.2 Å². The lowest BCUT2D eigenvalue weighted by Gasteiger charge is -2.08. The van der Waals surface area contributed by atoms with Crippen molar-refractivity contribution < 1.29 is 14.1 Å². The van der Waals surface area contributed by atoms with Gasteiger partial charge in [0.25, 0.3) is 0 Å². The van der Waals surface area contributed by atoms with Crippen molar-refractivity contribution in [3.05, 3.63) is 45.5 Å². The zero-order valence-electron chi connectivity index (χ0n) is 10.7. The van der Waals surface area contributed by atoms with Gasteiger partial charge in [-0.15, -0.1) is 0 Å². The van der Waals surface area contributed by atoms with Crippen LogP contribution in [0.25, 0.3) is 5.69 Å². The van der Waals surface area contributed by atoms with Crippen LogP contribution in [0.5, 0.6) is 5.75 Å². The van der Waals surface area contributed by atoms with Gasteiger partial charge < -0.3 is 4.74 Å². The van der Waals surface area contributed by atoms with Crippen LogP contribution in [0.3, 0.4) is 0 Å². The fourth-order valence-electron chi connectivity index (χ4n) is 1.87. The molecule has 1 aromatic carbocycles. The Morgan fingerprint density at radius 2 is 2.05 bits per heavy atom. The Hall–Kier alpha value is -2.44. The Balaban J connectivity index is 2.65. The molecule has 2 rings (SSSR count). The van der Waals surface area contributed by atoms with Crippen molar-refractivity contribution in [1.82, 2.24) is 9.78 Å². The highest BCUT2D eigenvalue weighted by Crippen LogP contribution is 2.31. The molecule has 0 aliphatic carbocycles. The standard InChI is InChI=1S/C12H12FN3O3/c1-7-4-8(2)15(14-7)10-6-12(19-3)11(16(17)18)5-9(10)13/h4-6H,1-3H3. The molecule has 0 saturated carbocycles. The number of nitrogens with zero attached hydrogens (tertiary/aromatic N) is 3. The third kappa shape index (κ3) is 2.26. The molecule has 0 aliphatic heterocycles. The molecule has 0 radical (unpaired) electrons. The molecule has 19 heavy (non-hydrogen) atoms. The summed E-state index contributed by atoms with van der Waals surface area (Å²) >= 11 is 0. The number of rotatable bonds is 3. The molecule has 0 N–H and O–H groups in total. The van der Waals surface area contributed by atoms with Gasteiger partial charge in [0.2, 0.25) is 0 Å². The van der Waals surface area contributed by atoms with Crippen LogP contribution in [0.1, 0.15) is 11.4 Å². The van der Waals surface area contributed by atoms with Crippen LogP contribution in [0.4, 0.5) is 10.1 Å². The summed E-state index contributed by atoms with van der Waals surface area (Å²) in [6, 6.07) is 3.89. The molecule has 0 aliphatic rings. The first-order valence-electron chi connectivity index (χ1n) is 5.49. The van der Waals surface area contributed by atoms with Gasteiger partial charge >= 0.3 is 5.69 Å². The van der Waals surface area contributed by atoms with Gasteiger partial charge in [-0.25, -0.2) is 9.07 Å². The highest BCUT2D eigenvalue weighted by atomic mass is 19.1. The molecule has 100 valence electrons. The summed E-state index contributed by atoms with van der Waals surface area (Å²) in [6.45, 7) is 3.55. The molecule has 0 amide bonds. The van der Waals surface area contributed by atoms with Crippen molar-refractivity contribution in [3.8, 4) is 11.4 Å². The van der Waals surface area contributed by atoms with Crippen LogP contribution in [-0.2, 0) is 0 Å². The summed E-state index contributed by atoms with van der Waals surface area (Å²) in [5, 5.41) is 14.9. The quantitative estimate of drug-likeness (QED) is 0.631. The second kappa shape index (κ2) is 4.68. The number of nitro benzene ring substituents is 1. The maximum atomic E-state index is 14.0. The minimum atomic E-state index is -0.723. The minimum absolute atomic E-state index is 0.00560. The number of hydrogen-bond donors (Lipinski definition) is 0. The van der Waals surface area contributed by atoms with Crippen LogP contribution < -0.4 is 4.74 Å². The molecular formula is C12H12FN3O3. The number of halogens is 1. The Morgan fingerprint density at radius 1 is 1.37 bits per heavy atom. The Labute approximate surface area is 108 Å². The first kappa shape index (κ1) is 13.0. The van der Waals surface area contributed by atoms with Gasteiger partial charge in [0.1, 0.15) is 5.69 Å². The molecule has 0 saturated heterocycles. The van der Waals surface area contributed by atoms with Gasteiger partial charge in [0, 0.05) is 11.8 Å². The number of aryl methyl sites for hydroxylation is 2. The highest BCUT2D eigenvalue weighted by molar-refractivity contribution is 5.54. The van der Waals surface area contributed by atoms with Gasteiger partial charge in [0.05, 0.1) is 23.8 Å². The number of nitro groups is 1. The van der Waals surface area contributed by atoms with Crippen LogP contribution in [0.15, 0.2) is 18.2 Å². The molecule has 0 spiro atoms. The van der Waals surface area contributed by atoms with E-state index in [9.17, 15) is 14.5 Å². The molecular weight excluding hydrogens is 253 g/mol. The van der Waals surface area contributed by atoms with E-state index < -0.39 is 16.4 Å². The summed E-state index contributed by atoms with van der Waals surface area (Å²) in [6.07, 6.45) is 0.